The largest absolute Gasteiger partial charge is 0.355 e. The monoisotopic (exact) mass is 392 g/mol. The number of hydrogen-bond donors (Lipinski definition) is 1. The van der Waals surface area contributed by atoms with E-state index in [1.54, 1.807) is 4.90 Å². The number of carbonyl (C=O) groups is 2. The average molecular weight is 393 g/mol. The Morgan fingerprint density at radius 3 is 2.67 bits per heavy atom. The molecule has 3 fully saturated rings. The number of amides is 2. The van der Waals surface area contributed by atoms with Crippen molar-refractivity contribution < 1.29 is 9.59 Å². The minimum Gasteiger partial charge on any atom is -0.355 e. The van der Waals surface area contributed by atoms with E-state index in [1.807, 2.05) is 0 Å². The van der Waals surface area contributed by atoms with E-state index in [4.69, 9.17) is 0 Å². The minimum atomic E-state index is -0.00176. The predicted octanol–water partition coefficient (Wildman–Crippen LogP) is 1.09. The molecule has 8 nitrogen and oxygen atoms in total. The summed E-state index contributed by atoms with van der Waals surface area (Å²) in [6.45, 7) is 6.30. The first-order chi connectivity index (χ1) is 13.2. The third-order valence-electron chi connectivity index (χ3n) is 5.70. The van der Waals surface area contributed by atoms with Crippen molar-refractivity contribution in [3.63, 3.8) is 0 Å². The van der Waals surface area contributed by atoms with Gasteiger partial charge in [-0.3, -0.25) is 14.5 Å². The van der Waals surface area contributed by atoms with Crippen LogP contribution < -0.4 is 15.1 Å². The molecule has 0 bridgehead atoms. The summed E-state index contributed by atoms with van der Waals surface area (Å²) in [5.74, 6) is 0.281. The van der Waals surface area contributed by atoms with Crippen LogP contribution in [0.15, 0.2) is 0 Å². The van der Waals surface area contributed by atoms with Crippen LogP contribution in [0.1, 0.15) is 38.5 Å². The normalized spacial score (nSPS) is 24.0. The predicted molar refractivity (Wildman–Crippen MR) is 105 cm³/mol. The van der Waals surface area contributed by atoms with Crippen LogP contribution in [0.25, 0.3) is 0 Å². The van der Waals surface area contributed by atoms with Crippen LogP contribution in [0.2, 0.25) is 0 Å². The van der Waals surface area contributed by atoms with E-state index in [0.717, 1.165) is 63.7 Å². The van der Waals surface area contributed by atoms with Crippen molar-refractivity contribution >= 4 is 33.4 Å². The quantitative estimate of drug-likeness (QED) is 0.781. The van der Waals surface area contributed by atoms with Crippen molar-refractivity contribution in [1.82, 2.24) is 20.4 Å². The highest BCUT2D eigenvalue weighted by Crippen LogP contribution is 2.32. The third-order valence-corrected chi connectivity index (χ3v) is 6.70. The van der Waals surface area contributed by atoms with E-state index in [-0.39, 0.29) is 17.7 Å². The SMILES string of the molecule is O=C(NCCN1CCCC1)[C@@H]1CCCN(c2nnc(N3CCCC3=O)s2)C1. The molecule has 0 aliphatic carbocycles. The Morgan fingerprint density at radius 2 is 1.89 bits per heavy atom. The molecule has 2 amide bonds. The molecule has 3 saturated heterocycles. The molecule has 0 radical (unpaired) electrons. The fourth-order valence-corrected chi connectivity index (χ4v) is 5.07. The maximum Gasteiger partial charge on any atom is 0.228 e. The summed E-state index contributed by atoms with van der Waals surface area (Å²) in [5.41, 5.74) is 0. The highest BCUT2D eigenvalue weighted by molar-refractivity contribution is 7.19. The van der Waals surface area contributed by atoms with Gasteiger partial charge in [0.05, 0.1) is 5.92 Å². The zero-order valence-electron chi connectivity index (χ0n) is 15.7. The van der Waals surface area contributed by atoms with Gasteiger partial charge in [-0.05, 0) is 45.2 Å². The van der Waals surface area contributed by atoms with Crippen molar-refractivity contribution in [2.24, 2.45) is 5.92 Å². The number of piperidine rings is 1. The van der Waals surface area contributed by atoms with Gasteiger partial charge in [-0.1, -0.05) is 11.3 Å². The molecule has 1 atom stereocenters. The van der Waals surface area contributed by atoms with E-state index in [1.165, 1.54) is 24.2 Å². The van der Waals surface area contributed by atoms with Crippen LogP contribution in [0.4, 0.5) is 10.3 Å². The van der Waals surface area contributed by atoms with Gasteiger partial charge < -0.3 is 15.1 Å². The molecule has 4 rings (SSSR count). The molecule has 148 valence electrons. The second-order valence-electron chi connectivity index (χ2n) is 7.64. The number of hydrogen-bond acceptors (Lipinski definition) is 7. The van der Waals surface area contributed by atoms with Crippen LogP contribution in [-0.4, -0.2) is 72.7 Å². The van der Waals surface area contributed by atoms with Gasteiger partial charge in [0.25, 0.3) is 0 Å². The average Bonchev–Trinajstić information content (AvgIpc) is 3.43. The molecule has 1 aromatic rings. The van der Waals surface area contributed by atoms with Gasteiger partial charge in [-0.25, -0.2) is 0 Å². The smallest absolute Gasteiger partial charge is 0.228 e. The molecule has 3 aliphatic heterocycles. The lowest BCUT2D eigenvalue weighted by Gasteiger charge is -2.31. The zero-order valence-corrected chi connectivity index (χ0v) is 16.5. The first-order valence-corrected chi connectivity index (χ1v) is 10.9. The Morgan fingerprint density at radius 1 is 1.07 bits per heavy atom. The Hall–Kier alpha value is -1.74. The van der Waals surface area contributed by atoms with Crippen LogP contribution >= 0.6 is 11.3 Å². The summed E-state index contributed by atoms with van der Waals surface area (Å²) < 4.78 is 0. The van der Waals surface area contributed by atoms with Crippen LogP contribution in [-0.2, 0) is 9.59 Å². The van der Waals surface area contributed by atoms with E-state index < -0.39 is 0 Å². The topological polar surface area (TPSA) is 81.7 Å². The van der Waals surface area contributed by atoms with E-state index in [2.05, 4.69) is 25.3 Å². The molecule has 0 spiro atoms. The first kappa shape index (κ1) is 18.6. The van der Waals surface area contributed by atoms with E-state index >= 15 is 0 Å². The summed E-state index contributed by atoms with van der Waals surface area (Å²) in [4.78, 5) is 30.7. The maximum atomic E-state index is 12.6. The lowest BCUT2D eigenvalue weighted by atomic mass is 9.97. The number of anilines is 2. The van der Waals surface area contributed by atoms with Gasteiger partial charge in [-0.2, -0.15) is 0 Å². The van der Waals surface area contributed by atoms with Crippen molar-refractivity contribution in [1.29, 1.82) is 0 Å². The minimum absolute atomic E-state index is 0.00176. The maximum absolute atomic E-state index is 12.6. The summed E-state index contributed by atoms with van der Waals surface area (Å²) in [7, 11) is 0. The Balaban J connectivity index is 1.29. The number of carbonyl (C=O) groups excluding carboxylic acids is 2. The summed E-state index contributed by atoms with van der Waals surface area (Å²) in [6.07, 6.45) is 5.93. The lowest BCUT2D eigenvalue weighted by Crippen LogP contribution is -2.44. The lowest BCUT2D eigenvalue weighted by molar-refractivity contribution is -0.125. The fraction of sp³-hybridized carbons (Fsp3) is 0.778. The van der Waals surface area contributed by atoms with Crippen molar-refractivity contribution in [3.8, 4) is 0 Å². The summed E-state index contributed by atoms with van der Waals surface area (Å²) >= 11 is 1.46. The van der Waals surface area contributed by atoms with Gasteiger partial charge in [0, 0.05) is 39.1 Å². The highest BCUT2D eigenvalue weighted by Gasteiger charge is 2.30. The van der Waals surface area contributed by atoms with E-state index in [9.17, 15) is 9.59 Å². The molecule has 3 aliphatic rings. The summed E-state index contributed by atoms with van der Waals surface area (Å²) in [6, 6.07) is 0. The Bertz CT molecular complexity index is 675. The third kappa shape index (κ3) is 4.40. The van der Waals surface area contributed by atoms with Gasteiger partial charge >= 0.3 is 0 Å². The second-order valence-corrected chi connectivity index (χ2v) is 8.58. The number of rotatable bonds is 6. The molecule has 0 saturated carbocycles. The van der Waals surface area contributed by atoms with Gasteiger partial charge in [-0.15, -0.1) is 10.2 Å². The Kier molecular flexibility index (Phi) is 5.87. The van der Waals surface area contributed by atoms with Crippen molar-refractivity contribution in [2.75, 3.05) is 55.6 Å². The molecule has 9 heteroatoms. The summed E-state index contributed by atoms with van der Waals surface area (Å²) in [5, 5.41) is 13.1. The van der Waals surface area contributed by atoms with Crippen LogP contribution in [0.5, 0.6) is 0 Å². The standard InChI is InChI=1S/C18H28N6O2S/c25-15-6-4-11-24(15)18-21-20-17(27-18)23-10-3-5-14(13-23)16(26)19-7-12-22-8-1-2-9-22/h14H,1-13H2,(H,19,26)/t14-/m1/s1. The van der Waals surface area contributed by atoms with Gasteiger partial charge in [0.15, 0.2) is 0 Å². The van der Waals surface area contributed by atoms with E-state index in [0.29, 0.717) is 18.1 Å². The van der Waals surface area contributed by atoms with Crippen molar-refractivity contribution in [3.05, 3.63) is 0 Å². The number of nitrogens with one attached hydrogen (secondary N) is 1. The molecular weight excluding hydrogens is 364 g/mol. The number of aromatic nitrogens is 2. The fourth-order valence-electron chi connectivity index (χ4n) is 4.15. The molecule has 27 heavy (non-hydrogen) atoms. The number of likely N-dealkylation sites (tertiary alicyclic amines) is 1. The molecule has 1 aromatic heterocycles. The van der Waals surface area contributed by atoms with Crippen LogP contribution in [0, 0.1) is 5.92 Å². The Labute approximate surface area is 163 Å². The van der Waals surface area contributed by atoms with Gasteiger partial charge in [0.2, 0.25) is 22.1 Å². The van der Waals surface area contributed by atoms with Crippen LogP contribution in [0.3, 0.4) is 0 Å². The molecular formula is C18H28N6O2S. The molecule has 4 heterocycles. The number of nitrogens with zero attached hydrogens (tertiary/aromatic N) is 5. The van der Waals surface area contributed by atoms with Gasteiger partial charge in [0.1, 0.15) is 0 Å². The van der Waals surface area contributed by atoms with Crippen molar-refractivity contribution in [2.45, 2.75) is 38.5 Å². The molecule has 0 aromatic carbocycles. The molecule has 0 unspecified atom stereocenters. The zero-order chi connectivity index (χ0) is 18.6. The highest BCUT2D eigenvalue weighted by atomic mass is 32.1. The molecule has 1 N–H and O–H groups in total. The second kappa shape index (κ2) is 8.52. The first-order valence-electron chi connectivity index (χ1n) is 10.1.